The summed E-state index contributed by atoms with van der Waals surface area (Å²) >= 11 is 0. The lowest BCUT2D eigenvalue weighted by molar-refractivity contribution is -0.765. The lowest BCUT2D eigenvalue weighted by Gasteiger charge is -2.32. The average molecular weight is 271 g/mol. The summed E-state index contributed by atoms with van der Waals surface area (Å²) in [7, 11) is 0. The molecule has 0 radical (unpaired) electrons. The highest BCUT2D eigenvalue weighted by Gasteiger charge is 2.31. The molecule has 1 saturated heterocycles. The first kappa shape index (κ1) is 14.1. The molecule has 2 rings (SSSR count). The van der Waals surface area contributed by atoms with Crippen molar-refractivity contribution >= 4 is 0 Å². The van der Waals surface area contributed by atoms with Crippen LogP contribution < -0.4 is 15.4 Å². The summed E-state index contributed by atoms with van der Waals surface area (Å²) in [6, 6.07) is 0. The van der Waals surface area contributed by atoms with Gasteiger partial charge in [0.25, 0.3) is 0 Å². The smallest absolute Gasteiger partial charge is 0.379 e. The topological polar surface area (TPSA) is 65.6 Å². The van der Waals surface area contributed by atoms with Crippen molar-refractivity contribution in [1.29, 1.82) is 0 Å². The number of morpholine rings is 1. The van der Waals surface area contributed by atoms with Crippen LogP contribution in [0.5, 0.6) is 0 Å². The van der Waals surface area contributed by atoms with Gasteiger partial charge in [-0.2, -0.15) is 0 Å². The van der Waals surface area contributed by atoms with E-state index in [9.17, 15) is 4.79 Å². The maximum Gasteiger partial charge on any atom is 0.430 e. The number of hydrogen-bond donors (Lipinski definition) is 1. The van der Waals surface area contributed by atoms with Gasteiger partial charge in [0.05, 0.1) is 25.3 Å². The highest BCUT2D eigenvalue weighted by atomic mass is 16.5. The Balaban J connectivity index is 2.00. The van der Waals surface area contributed by atoms with Crippen LogP contribution in [-0.2, 0) is 4.74 Å². The third-order valence-electron chi connectivity index (χ3n) is 3.23. The zero-order chi connectivity index (χ0) is 13.9. The van der Waals surface area contributed by atoms with Gasteiger partial charge in [0.2, 0.25) is 0 Å². The third kappa shape index (κ3) is 3.81. The standard InChI is InChI=1S/C12H22N4O3/c1-12(2,3)15(16-10-11(17)19-13-16)5-4-14-6-8-18-9-7-14/h10H,4-9H2,1-3H3/p+1. The Bertz CT molecular complexity index is 442. The summed E-state index contributed by atoms with van der Waals surface area (Å²) in [6.07, 6.45) is 1.42. The molecule has 0 unspecified atom stereocenters. The zero-order valence-electron chi connectivity index (χ0n) is 11.9. The molecule has 1 aromatic heterocycles. The second kappa shape index (κ2) is 5.75. The van der Waals surface area contributed by atoms with Gasteiger partial charge in [0.1, 0.15) is 0 Å². The maximum atomic E-state index is 11.2. The number of H-pyrrole nitrogens is 1. The summed E-state index contributed by atoms with van der Waals surface area (Å²) in [5.41, 5.74) is -0.482. The average Bonchev–Trinajstić information content (AvgIpc) is 2.75. The normalized spacial score (nSPS) is 17.6. The second-order valence-corrected chi connectivity index (χ2v) is 5.73. The third-order valence-corrected chi connectivity index (χ3v) is 3.23. The molecule has 108 valence electrons. The molecule has 7 heteroatoms. The van der Waals surface area contributed by atoms with Crippen LogP contribution in [0, 0.1) is 0 Å². The van der Waals surface area contributed by atoms with Crippen molar-refractivity contribution < 1.29 is 14.1 Å². The largest absolute Gasteiger partial charge is 0.430 e. The van der Waals surface area contributed by atoms with E-state index in [0.717, 1.165) is 39.4 Å². The van der Waals surface area contributed by atoms with E-state index in [1.165, 1.54) is 6.20 Å². The van der Waals surface area contributed by atoms with Crippen molar-refractivity contribution in [3.05, 3.63) is 16.6 Å². The second-order valence-electron chi connectivity index (χ2n) is 5.73. The van der Waals surface area contributed by atoms with Gasteiger partial charge < -0.3 is 4.74 Å². The predicted molar refractivity (Wildman–Crippen MR) is 69.6 cm³/mol. The van der Waals surface area contributed by atoms with E-state index in [1.807, 2.05) is 0 Å². The number of hydrogen-bond acceptors (Lipinski definition) is 5. The molecule has 0 aromatic carbocycles. The number of nitrogens with zero attached hydrogens (tertiary/aromatic N) is 3. The molecule has 19 heavy (non-hydrogen) atoms. The fourth-order valence-electron chi connectivity index (χ4n) is 2.19. The molecule has 1 N–H and O–H groups in total. The SMILES string of the molecule is CC(C)(C)N(CCN1CCOCC1)[n+]1cc(=O)o[nH]1. The molecule has 0 bridgehead atoms. The Morgan fingerprint density at radius 3 is 2.63 bits per heavy atom. The van der Waals surface area contributed by atoms with Crippen LogP contribution in [0.15, 0.2) is 15.5 Å². The van der Waals surface area contributed by atoms with Crippen molar-refractivity contribution in [3.8, 4) is 0 Å². The Morgan fingerprint density at radius 1 is 1.42 bits per heavy atom. The summed E-state index contributed by atoms with van der Waals surface area (Å²) in [4.78, 5) is 15.1. The van der Waals surface area contributed by atoms with Gasteiger partial charge in [-0.1, -0.05) is 0 Å². The van der Waals surface area contributed by atoms with Crippen LogP contribution >= 0.6 is 0 Å². The molecular formula is C12H23N4O3+. The first-order valence-electron chi connectivity index (χ1n) is 6.65. The van der Waals surface area contributed by atoms with Gasteiger partial charge in [-0.3, -0.25) is 9.42 Å². The van der Waals surface area contributed by atoms with E-state index in [0.29, 0.717) is 0 Å². The molecule has 2 heterocycles. The number of ether oxygens (including phenoxy) is 1. The Labute approximate surface area is 112 Å². The molecule has 1 aliphatic rings. The van der Waals surface area contributed by atoms with E-state index < -0.39 is 0 Å². The summed E-state index contributed by atoms with van der Waals surface area (Å²) < 4.78 is 10.1. The van der Waals surface area contributed by atoms with E-state index in [2.05, 4.69) is 36.0 Å². The van der Waals surface area contributed by atoms with Crippen molar-refractivity contribution in [3.63, 3.8) is 0 Å². The number of aromatic amines is 1. The number of aromatic nitrogens is 2. The fraction of sp³-hybridized carbons (Fsp3) is 0.833. The van der Waals surface area contributed by atoms with Crippen LogP contribution in [0.2, 0.25) is 0 Å². The molecule has 1 aliphatic heterocycles. The van der Waals surface area contributed by atoms with Crippen LogP contribution in [0.25, 0.3) is 0 Å². The number of rotatable bonds is 4. The minimum absolute atomic E-state index is 0.107. The molecule has 0 spiro atoms. The summed E-state index contributed by atoms with van der Waals surface area (Å²) in [6.45, 7) is 11.6. The minimum Gasteiger partial charge on any atom is -0.379 e. The first-order chi connectivity index (χ1) is 8.97. The highest BCUT2D eigenvalue weighted by Crippen LogP contribution is 2.07. The maximum absolute atomic E-state index is 11.2. The van der Waals surface area contributed by atoms with E-state index in [4.69, 9.17) is 9.26 Å². The van der Waals surface area contributed by atoms with Crippen LogP contribution in [0.3, 0.4) is 0 Å². The van der Waals surface area contributed by atoms with Crippen molar-refractivity contribution in [2.45, 2.75) is 26.3 Å². The molecule has 0 atom stereocenters. The molecule has 0 aliphatic carbocycles. The van der Waals surface area contributed by atoms with Crippen LogP contribution in [0.1, 0.15) is 20.8 Å². The van der Waals surface area contributed by atoms with Gasteiger partial charge in [-0.05, 0) is 20.8 Å². The molecular weight excluding hydrogens is 248 g/mol. The highest BCUT2D eigenvalue weighted by molar-refractivity contribution is 4.89. The fourth-order valence-corrected chi connectivity index (χ4v) is 2.19. The van der Waals surface area contributed by atoms with Gasteiger partial charge >= 0.3 is 11.8 Å². The van der Waals surface area contributed by atoms with E-state index in [-0.39, 0.29) is 11.2 Å². The lowest BCUT2D eigenvalue weighted by Crippen LogP contribution is -2.68. The minimum atomic E-state index is -0.374. The lowest BCUT2D eigenvalue weighted by atomic mass is 10.1. The first-order valence-corrected chi connectivity index (χ1v) is 6.65. The van der Waals surface area contributed by atoms with Gasteiger partial charge in [0.15, 0.2) is 0 Å². The van der Waals surface area contributed by atoms with Crippen LogP contribution in [-0.4, -0.2) is 55.1 Å². The molecule has 1 fully saturated rings. The Kier molecular flexibility index (Phi) is 4.26. The predicted octanol–water partition coefficient (Wildman–Crippen LogP) is -0.676. The number of nitrogens with one attached hydrogen (secondary N) is 1. The Morgan fingerprint density at radius 2 is 2.11 bits per heavy atom. The summed E-state index contributed by atoms with van der Waals surface area (Å²) in [5.74, 6) is 0. The molecule has 0 saturated carbocycles. The van der Waals surface area contributed by atoms with Crippen molar-refractivity contribution in [2.24, 2.45) is 0 Å². The van der Waals surface area contributed by atoms with Gasteiger partial charge in [-0.25, -0.2) is 4.79 Å². The van der Waals surface area contributed by atoms with Crippen molar-refractivity contribution in [2.75, 3.05) is 44.4 Å². The molecule has 0 amide bonds. The van der Waals surface area contributed by atoms with E-state index >= 15 is 0 Å². The Hall–Kier alpha value is -1.34. The van der Waals surface area contributed by atoms with E-state index in [1.54, 1.807) is 4.79 Å². The van der Waals surface area contributed by atoms with Crippen molar-refractivity contribution in [1.82, 2.24) is 10.2 Å². The van der Waals surface area contributed by atoms with Crippen LogP contribution in [0.4, 0.5) is 0 Å². The monoisotopic (exact) mass is 271 g/mol. The van der Waals surface area contributed by atoms with Gasteiger partial charge in [0, 0.05) is 29.7 Å². The summed E-state index contributed by atoms with van der Waals surface area (Å²) in [5, 5.41) is 4.69. The zero-order valence-corrected chi connectivity index (χ0v) is 11.9. The molecule has 7 nitrogen and oxygen atoms in total. The van der Waals surface area contributed by atoms with Gasteiger partial charge in [-0.15, -0.1) is 5.01 Å². The quantitative estimate of drug-likeness (QED) is 0.735. The molecule has 1 aromatic rings.